The van der Waals surface area contributed by atoms with Crippen LogP contribution in [0.25, 0.3) is 64.6 Å². The highest BCUT2D eigenvalue weighted by atomic mass is 16.2. The van der Waals surface area contributed by atoms with Crippen LogP contribution in [0.3, 0.4) is 0 Å². The van der Waals surface area contributed by atoms with Crippen molar-refractivity contribution in [2.75, 3.05) is 0 Å². The molecular formula is C28H14O2. The second-order valence-electron chi connectivity index (χ2n) is 8.01. The largest absolute Gasteiger partial charge is 0.286 e. The van der Waals surface area contributed by atoms with E-state index in [1.165, 1.54) is 49.2 Å². The van der Waals surface area contributed by atoms with Crippen LogP contribution in [-0.4, -0.2) is 0 Å². The molecule has 7 rings (SSSR count). The van der Waals surface area contributed by atoms with Crippen LogP contribution < -0.4 is 10.9 Å². The van der Waals surface area contributed by atoms with E-state index in [1.54, 1.807) is 6.07 Å². The third kappa shape index (κ3) is 1.79. The van der Waals surface area contributed by atoms with Crippen molar-refractivity contribution in [2.45, 2.75) is 0 Å². The fourth-order valence-electron chi connectivity index (χ4n) is 5.28. The molecule has 0 aromatic heterocycles. The lowest BCUT2D eigenvalue weighted by molar-refractivity contribution is 1.55. The van der Waals surface area contributed by atoms with Gasteiger partial charge < -0.3 is 0 Å². The Morgan fingerprint density at radius 3 is 1.63 bits per heavy atom. The highest BCUT2D eigenvalue weighted by Crippen LogP contribution is 2.43. The summed E-state index contributed by atoms with van der Waals surface area (Å²) in [6.45, 7) is 0. The Hall–Kier alpha value is -4.04. The molecule has 2 nitrogen and oxygen atoms in total. The summed E-state index contributed by atoms with van der Waals surface area (Å²) >= 11 is 0. The molecule has 0 fully saturated rings. The van der Waals surface area contributed by atoms with Gasteiger partial charge in [-0.15, -0.1) is 0 Å². The van der Waals surface area contributed by atoms with E-state index in [9.17, 15) is 9.59 Å². The first-order chi connectivity index (χ1) is 14.7. The van der Waals surface area contributed by atoms with Crippen LogP contribution in [0.4, 0.5) is 0 Å². The van der Waals surface area contributed by atoms with Gasteiger partial charge in [0, 0.05) is 5.39 Å². The Morgan fingerprint density at radius 1 is 0.367 bits per heavy atom. The van der Waals surface area contributed by atoms with Gasteiger partial charge in [-0.1, -0.05) is 66.7 Å². The van der Waals surface area contributed by atoms with Crippen molar-refractivity contribution in [3.05, 3.63) is 105 Å². The quantitative estimate of drug-likeness (QED) is 0.178. The molecule has 0 saturated carbocycles. The SMILES string of the molecule is O=c1ccc2c(ccc3c2ccc2c4cccc5ccc6cccc(c32)c6c54)c1=O. The van der Waals surface area contributed by atoms with E-state index in [4.69, 9.17) is 0 Å². The van der Waals surface area contributed by atoms with E-state index in [-0.39, 0.29) is 0 Å². The molecule has 0 aliphatic heterocycles. The fourth-order valence-corrected chi connectivity index (χ4v) is 5.28. The molecule has 0 aliphatic carbocycles. The van der Waals surface area contributed by atoms with Crippen LogP contribution in [0.1, 0.15) is 0 Å². The van der Waals surface area contributed by atoms with E-state index in [1.807, 2.05) is 12.1 Å². The molecule has 0 saturated heterocycles. The molecule has 0 radical (unpaired) electrons. The Bertz CT molecular complexity index is 1930. The number of fused-ring (bicyclic) bond motifs is 7. The highest BCUT2D eigenvalue weighted by molar-refractivity contribution is 6.38. The van der Waals surface area contributed by atoms with Crippen molar-refractivity contribution < 1.29 is 0 Å². The Kier molecular flexibility index (Phi) is 2.80. The van der Waals surface area contributed by atoms with E-state index in [0.29, 0.717) is 5.39 Å². The summed E-state index contributed by atoms with van der Waals surface area (Å²) < 4.78 is 0. The third-order valence-electron chi connectivity index (χ3n) is 6.56. The van der Waals surface area contributed by atoms with Crippen molar-refractivity contribution in [1.82, 2.24) is 0 Å². The number of hydrogen-bond donors (Lipinski definition) is 0. The zero-order valence-electron chi connectivity index (χ0n) is 15.9. The lowest BCUT2D eigenvalue weighted by atomic mass is 9.87. The Labute approximate surface area is 170 Å². The molecule has 0 heterocycles. The normalized spacial score (nSPS) is 12.3. The van der Waals surface area contributed by atoms with Crippen LogP contribution in [0.2, 0.25) is 0 Å². The lowest BCUT2D eigenvalue weighted by Crippen LogP contribution is -2.21. The maximum Gasteiger partial charge on any atom is 0.233 e. The molecule has 0 amide bonds. The van der Waals surface area contributed by atoms with Gasteiger partial charge in [0.1, 0.15) is 0 Å². The first-order valence-electron chi connectivity index (χ1n) is 10.0. The van der Waals surface area contributed by atoms with Crippen LogP contribution in [0.5, 0.6) is 0 Å². The Morgan fingerprint density at radius 2 is 0.867 bits per heavy atom. The minimum Gasteiger partial charge on any atom is -0.286 e. The van der Waals surface area contributed by atoms with Gasteiger partial charge in [-0.2, -0.15) is 0 Å². The standard InChI is InChI=1S/C28H14O2/c29-24-14-13-18-17-9-10-21-19-5-1-3-15-7-8-16-4-2-6-23(26(16)25(15)19)27(21)20(17)11-12-22(18)28(24)30/h1-14H. The zero-order valence-corrected chi connectivity index (χ0v) is 15.9. The van der Waals surface area contributed by atoms with Crippen LogP contribution in [0.15, 0.2) is 94.5 Å². The van der Waals surface area contributed by atoms with Gasteiger partial charge in [-0.05, 0) is 77.4 Å². The number of hydrogen-bond acceptors (Lipinski definition) is 2. The molecule has 0 N–H and O–H groups in total. The van der Waals surface area contributed by atoms with E-state index in [2.05, 4.69) is 60.7 Å². The fraction of sp³-hybridized carbons (Fsp3) is 0. The van der Waals surface area contributed by atoms with Crippen molar-refractivity contribution in [1.29, 1.82) is 0 Å². The van der Waals surface area contributed by atoms with E-state index in [0.717, 1.165) is 16.2 Å². The number of benzene rings is 7. The molecule has 7 aromatic carbocycles. The Balaban J connectivity index is 1.86. The zero-order chi connectivity index (χ0) is 20.0. The third-order valence-corrected chi connectivity index (χ3v) is 6.56. The van der Waals surface area contributed by atoms with E-state index < -0.39 is 10.9 Å². The van der Waals surface area contributed by atoms with Gasteiger partial charge in [0.05, 0.1) is 0 Å². The predicted molar refractivity (Wildman–Crippen MR) is 126 cm³/mol. The average molecular weight is 382 g/mol. The molecule has 7 aromatic rings. The summed E-state index contributed by atoms with van der Waals surface area (Å²) in [4.78, 5) is 24.3. The van der Waals surface area contributed by atoms with Gasteiger partial charge in [-0.3, -0.25) is 9.59 Å². The van der Waals surface area contributed by atoms with E-state index >= 15 is 0 Å². The smallest absolute Gasteiger partial charge is 0.233 e. The van der Waals surface area contributed by atoms with Gasteiger partial charge in [-0.25, -0.2) is 0 Å². The molecule has 0 atom stereocenters. The van der Waals surface area contributed by atoms with Gasteiger partial charge in [0.15, 0.2) is 0 Å². The lowest BCUT2D eigenvalue weighted by Gasteiger charge is -2.16. The summed E-state index contributed by atoms with van der Waals surface area (Å²) in [5.41, 5.74) is -0.880. The summed E-state index contributed by atoms with van der Waals surface area (Å²) in [7, 11) is 0. The van der Waals surface area contributed by atoms with Gasteiger partial charge in [0.2, 0.25) is 10.9 Å². The summed E-state index contributed by atoms with van der Waals surface area (Å²) in [6, 6.07) is 28.6. The first kappa shape index (κ1) is 15.8. The maximum absolute atomic E-state index is 12.4. The molecule has 2 heteroatoms. The van der Waals surface area contributed by atoms with Crippen LogP contribution >= 0.6 is 0 Å². The van der Waals surface area contributed by atoms with Crippen LogP contribution in [-0.2, 0) is 0 Å². The molecule has 0 unspecified atom stereocenters. The molecule has 138 valence electrons. The minimum atomic E-state index is -0.454. The van der Waals surface area contributed by atoms with Crippen molar-refractivity contribution >= 4 is 64.6 Å². The van der Waals surface area contributed by atoms with Crippen molar-refractivity contribution in [2.24, 2.45) is 0 Å². The molecular weight excluding hydrogens is 368 g/mol. The van der Waals surface area contributed by atoms with Crippen LogP contribution in [0, 0.1) is 0 Å². The summed E-state index contributed by atoms with van der Waals surface area (Å²) in [5, 5.41) is 13.4. The van der Waals surface area contributed by atoms with Gasteiger partial charge in [0.25, 0.3) is 0 Å². The average Bonchev–Trinajstić information content (AvgIpc) is 2.79. The topological polar surface area (TPSA) is 34.1 Å². The van der Waals surface area contributed by atoms with Crippen molar-refractivity contribution in [3.63, 3.8) is 0 Å². The molecule has 30 heavy (non-hydrogen) atoms. The van der Waals surface area contributed by atoms with Gasteiger partial charge >= 0.3 is 0 Å². The highest BCUT2D eigenvalue weighted by Gasteiger charge is 2.16. The second-order valence-corrected chi connectivity index (χ2v) is 8.01. The van der Waals surface area contributed by atoms with Crippen molar-refractivity contribution in [3.8, 4) is 0 Å². The predicted octanol–water partition coefficient (Wildman–Crippen LogP) is 6.20. The number of rotatable bonds is 0. The molecule has 0 spiro atoms. The molecule has 0 aliphatic rings. The second kappa shape index (κ2) is 5.31. The molecule has 0 bridgehead atoms. The first-order valence-corrected chi connectivity index (χ1v) is 10.0. The monoisotopic (exact) mass is 382 g/mol. The minimum absolute atomic E-state index is 0.427. The summed E-state index contributed by atoms with van der Waals surface area (Å²) in [6.07, 6.45) is 0. The summed E-state index contributed by atoms with van der Waals surface area (Å²) in [5.74, 6) is 0. The maximum atomic E-state index is 12.4.